The number of anilines is 1. The maximum atomic E-state index is 12.4. The van der Waals surface area contributed by atoms with Crippen LogP contribution in [0.3, 0.4) is 0 Å². The third kappa shape index (κ3) is 4.66. The van der Waals surface area contributed by atoms with Gasteiger partial charge in [0.1, 0.15) is 5.75 Å². The van der Waals surface area contributed by atoms with Crippen molar-refractivity contribution in [2.75, 3.05) is 31.1 Å². The van der Waals surface area contributed by atoms with Crippen LogP contribution in [0.5, 0.6) is 5.75 Å². The van der Waals surface area contributed by atoms with Gasteiger partial charge in [-0.15, -0.1) is 0 Å². The molecule has 0 aliphatic carbocycles. The Balaban J connectivity index is 1.52. The predicted octanol–water partition coefficient (Wildman–Crippen LogP) is 3.12. The molecule has 2 amide bonds. The molecule has 2 aromatic rings. The number of hydrogen-bond acceptors (Lipinski definition) is 3. The molecule has 1 saturated heterocycles. The second-order valence-corrected chi connectivity index (χ2v) is 6.49. The van der Waals surface area contributed by atoms with E-state index < -0.39 is 0 Å². The second kappa shape index (κ2) is 7.92. The van der Waals surface area contributed by atoms with E-state index in [0.29, 0.717) is 6.54 Å². The van der Waals surface area contributed by atoms with Crippen molar-refractivity contribution in [1.82, 2.24) is 10.2 Å². The topological polar surface area (TPSA) is 55.8 Å². The molecule has 5 heteroatoms. The van der Waals surface area contributed by atoms with Gasteiger partial charge in [-0.1, -0.05) is 29.8 Å². The summed E-state index contributed by atoms with van der Waals surface area (Å²) in [6.45, 7) is 5.85. The van der Waals surface area contributed by atoms with E-state index in [1.807, 2.05) is 17.0 Å². The Morgan fingerprint density at radius 3 is 2.44 bits per heavy atom. The number of aromatic hydroxyl groups is 1. The summed E-state index contributed by atoms with van der Waals surface area (Å²) < 4.78 is 0. The first kappa shape index (κ1) is 17.1. The Morgan fingerprint density at radius 2 is 1.72 bits per heavy atom. The molecule has 2 aromatic carbocycles. The fourth-order valence-electron chi connectivity index (χ4n) is 3.04. The van der Waals surface area contributed by atoms with Crippen LogP contribution in [0, 0.1) is 6.92 Å². The maximum absolute atomic E-state index is 12.4. The van der Waals surface area contributed by atoms with E-state index in [1.54, 1.807) is 12.1 Å². The summed E-state index contributed by atoms with van der Waals surface area (Å²) in [5.41, 5.74) is 3.45. The number of benzene rings is 2. The number of nitrogens with zero attached hydrogens (tertiary/aromatic N) is 2. The summed E-state index contributed by atoms with van der Waals surface area (Å²) in [6, 6.07) is 15.4. The lowest BCUT2D eigenvalue weighted by Gasteiger charge is -2.24. The van der Waals surface area contributed by atoms with Crippen molar-refractivity contribution in [3.05, 3.63) is 59.7 Å². The molecule has 0 radical (unpaired) electrons. The van der Waals surface area contributed by atoms with E-state index >= 15 is 0 Å². The highest BCUT2D eigenvalue weighted by molar-refractivity contribution is 5.74. The maximum Gasteiger partial charge on any atom is 0.317 e. The first-order valence-corrected chi connectivity index (χ1v) is 8.74. The zero-order valence-electron chi connectivity index (χ0n) is 14.6. The first-order valence-electron chi connectivity index (χ1n) is 8.74. The molecule has 0 spiro atoms. The summed E-state index contributed by atoms with van der Waals surface area (Å²) >= 11 is 0. The Kier molecular flexibility index (Phi) is 5.43. The van der Waals surface area contributed by atoms with Crippen LogP contribution in [-0.4, -0.2) is 42.2 Å². The quantitative estimate of drug-likeness (QED) is 0.903. The summed E-state index contributed by atoms with van der Waals surface area (Å²) in [5, 5.41) is 12.3. The molecule has 5 nitrogen and oxygen atoms in total. The van der Waals surface area contributed by atoms with Gasteiger partial charge in [0.15, 0.2) is 0 Å². The van der Waals surface area contributed by atoms with Gasteiger partial charge in [0.25, 0.3) is 0 Å². The standard InChI is InChI=1S/C20H25N3O2/c1-16-3-7-18(8-4-16)22-11-2-12-23(14-13-22)20(25)21-15-17-5-9-19(24)10-6-17/h3-10,24H,2,11-15H2,1H3,(H,21,25). The number of amides is 2. The molecule has 25 heavy (non-hydrogen) atoms. The van der Waals surface area contributed by atoms with Gasteiger partial charge in [0.2, 0.25) is 0 Å². The molecule has 1 aliphatic rings. The number of hydrogen-bond donors (Lipinski definition) is 2. The van der Waals surface area contributed by atoms with Gasteiger partial charge in [-0.2, -0.15) is 0 Å². The van der Waals surface area contributed by atoms with E-state index in [9.17, 15) is 9.90 Å². The monoisotopic (exact) mass is 339 g/mol. The van der Waals surface area contributed by atoms with Gasteiger partial charge in [-0.25, -0.2) is 4.79 Å². The van der Waals surface area contributed by atoms with E-state index in [-0.39, 0.29) is 11.8 Å². The number of aryl methyl sites for hydroxylation is 1. The molecule has 1 heterocycles. The molecule has 2 N–H and O–H groups in total. The number of carbonyl (C=O) groups excluding carboxylic acids is 1. The molecule has 0 bridgehead atoms. The Hall–Kier alpha value is -2.69. The second-order valence-electron chi connectivity index (χ2n) is 6.49. The molecule has 1 aliphatic heterocycles. The van der Waals surface area contributed by atoms with E-state index in [0.717, 1.165) is 38.2 Å². The lowest BCUT2D eigenvalue weighted by atomic mass is 10.2. The highest BCUT2D eigenvalue weighted by atomic mass is 16.3. The fraction of sp³-hybridized carbons (Fsp3) is 0.350. The van der Waals surface area contributed by atoms with Crippen molar-refractivity contribution in [3.8, 4) is 5.75 Å². The van der Waals surface area contributed by atoms with Gasteiger partial charge in [-0.05, 0) is 43.2 Å². The van der Waals surface area contributed by atoms with Crippen molar-refractivity contribution >= 4 is 11.7 Å². The van der Waals surface area contributed by atoms with Gasteiger partial charge in [0.05, 0.1) is 0 Å². The molecule has 1 fully saturated rings. The summed E-state index contributed by atoms with van der Waals surface area (Å²) in [6.07, 6.45) is 0.959. The third-order valence-electron chi connectivity index (χ3n) is 4.56. The molecule has 0 saturated carbocycles. The number of phenols is 1. The van der Waals surface area contributed by atoms with Crippen LogP contribution >= 0.6 is 0 Å². The fourth-order valence-corrected chi connectivity index (χ4v) is 3.04. The Bertz CT molecular complexity index is 698. The molecular formula is C20H25N3O2. The van der Waals surface area contributed by atoms with Crippen LogP contribution < -0.4 is 10.2 Å². The van der Waals surface area contributed by atoms with Crippen LogP contribution in [0.25, 0.3) is 0 Å². The Labute approximate surface area is 148 Å². The minimum Gasteiger partial charge on any atom is -0.508 e. The van der Waals surface area contributed by atoms with Crippen LogP contribution in [0.1, 0.15) is 17.5 Å². The van der Waals surface area contributed by atoms with Crippen LogP contribution in [0.4, 0.5) is 10.5 Å². The summed E-state index contributed by atoms with van der Waals surface area (Å²) in [7, 11) is 0. The van der Waals surface area contributed by atoms with Gasteiger partial charge >= 0.3 is 6.03 Å². The molecule has 0 atom stereocenters. The van der Waals surface area contributed by atoms with Crippen LogP contribution in [0.15, 0.2) is 48.5 Å². The number of urea groups is 1. The van der Waals surface area contributed by atoms with E-state index in [1.165, 1.54) is 11.3 Å². The van der Waals surface area contributed by atoms with E-state index in [2.05, 4.69) is 41.4 Å². The smallest absolute Gasteiger partial charge is 0.317 e. The minimum atomic E-state index is -0.0289. The summed E-state index contributed by atoms with van der Waals surface area (Å²) in [4.78, 5) is 16.6. The Morgan fingerprint density at radius 1 is 1.00 bits per heavy atom. The van der Waals surface area contributed by atoms with Gasteiger partial charge in [0, 0.05) is 38.4 Å². The van der Waals surface area contributed by atoms with Gasteiger partial charge < -0.3 is 20.2 Å². The van der Waals surface area contributed by atoms with Crippen molar-refractivity contribution in [1.29, 1.82) is 0 Å². The van der Waals surface area contributed by atoms with Crippen molar-refractivity contribution in [3.63, 3.8) is 0 Å². The minimum absolute atomic E-state index is 0.0289. The average Bonchev–Trinajstić information content (AvgIpc) is 2.88. The van der Waals surface area contributed by atoms with E-state index in [4.69, 9.17) is 0 Å². The normalized spacial score (nSPS) is 14.9. The number of rotatable bonds is 3. The zero-order valence-corrected chi connectivity index (χ0v) is 14.6. The molecule has 132 valence electrons. The molecule has 3 rings (SSSR count). The zero-order chi connectivity index (χ0) is 17.6. The highest BCUT2D eigenvalue weighted by Gasteiger charge is 2.19. The van der Waals surface area contributed by atoms with Crippen molar-refractivity contribution < 1.29 is 9.90 Å². The molecule has 0 aromatic heterocycles. The van der Waals surface area contributed by atoms with Crippen molar-refractivity contribution in [2.24, 2.45) is 0 Å². The number of carbonyl (C=O) groups is 1. The lowest BCUT2D eigenvalue weighted by Crippen LogP contribution is -2.41. The average molecular weight is 339 g/mol. The van der Waals surface area contributed by atoms with Crippen molar-refractivity contribution in [2.45, 2.75) is 19.9 Å². The van der Waals surface area contributed by atoms with Crippen LogP contribution in [-0.2, 0) is 6.54 Å². The first-order chi connectivity index (χ1) is 12.1. The number of nitrogens with one attached hydrogen (secondary N) is 1. The predicted molar refractivity (Wildman–Crippen MR) is 99.9 cm³/mol. The lowest BCUT2D eigenvalue weighted by molar-refractivity contribution is 0.201. The molecular weight excluding hydrogens is 314 g/mol. The summed E-state index contributed by atoms with van der Waals surface area (Å²) in [5.74, 6) is 0.235. The third-order valence-corrected chi connectivity index (χ3v) is 4.56. The number of phenolic OH excluding ortho intramolecular Hbond substituents is 1. The molecule has 0 unspecified atom stereocenters. The SMILES string of the molecule is Cc1ccc(N2CCCN(C(=O)NCc3ccc(O)cc3)CC2)cc1. The highest BCUT2D eigenvalue weighted by Crippen LogP contribution is 2.17. The largest absolute Gasteiger partial charge is 0.508 e. The van der Waals surface area contributed by atoms with Gasteiger partial charge in [-0.3, -0.25) is 0 Å². The van der Waals surface area contributed by atoms with Crippen LogP contribution in [0.2, 0.25) is 0 Å².